The van der Waals surface area contributed by atoms with Gasteiger partial charge in [0.25, 0.3) is 0 Å². The van der Waals surface area contributed by atoms with E-state index in [1.54, 1.807) is 0 Å². The fourth-order valence-corrected chi connectivity index (χ4v) is 2.54. The van der Waals surface area contributed by atoms with Gasteiger partial charge in [-0.25, -0.2) is 0 Å². The molecule has 1 saturated heterocycles. The lowest BCUT2D eigenvalue weighted by molar-refractivity contribution is -0.0178. The molecule has 0 unspecified atom stereocenters. The van der Waals surface area contributed by atoms with Crippen molar-refractivity contribution in [2.75, 3.05) is 19.9 Å². The number of hydrogen-bond donors (Lipinski definition) is 0. The topological polar surface area (TPSA) is 21.7 Å². The SMILES string of the molecule is c1ccc(OCc2ccccc2CN2CCCOC2)cc1. The van der Waals surface area contributed by atoms with Crippen molar-refractivity contribution in [1.29, 1.82) is 0 Å². The Balaban J connectivity index is 1.64. The van der Waals surface area contributed by atoms with Crippen LogP contribution in [0.2, 0.25) is 0 Å². The van der Waals surface area contributed by atoms with Gasteiger partial charge in [-0.2, -0.15) is 0 Å². The third kappa shape index (κ3) is 4.06. The Bertz CT molecular complexity index is 550. The van der Waals surface area contributed by atoms with E-state index in [1.807, 2.05) is 30.3 Å². The first-order chi connectivity index (χ1) is 10.4. The summed E-state index contributed by atoms with van der Waals surface area (Å²) in [5.41, 5.74) is 2.56. The van der Waals surface area contributed by atoms with E-state index in [0.717, 1.165) is 38.6 Å². The normalized spacial score (nSPS) is 15.8. The molecule has 0 radical (unpaired) electrons. The van der Waals surface area contributed by atoms with Gasteiger partial charge in [0.15, 0.2) is 0 Å². The molecule has 0 N–H and O–H groups in total. The van der Waals surface area contributed by atoms with E-state index in [2.05, 4.69) is 29.2 Å². The van der Waals surface area contributed by atoms with Crippen LogP contribution in [0.4, 0.5) is 0 Å². The second kappa shape index (κ2) is 7.25. The molecule has 2 aromatic rings. The molecular formula is C18H21NO2. The summed E-state index contributed by atoms with van der Waals surface area (Å²) in [6.45, 7) is 4.25. The van der Waals surface area contributed by atoms with Crippen molar-refractivity contribution in [3.8, 4) is 5.75 Å². The summed E-state index contributed by atoms with van der Waals surface area (Å²) in [4.78, 5) is 2.34. The summed E-state index contributed by atoms with van der Waals surface area (Å²) in [7, 11) is 0. The lowest BCUT2D eigenvalue weighted by atomic mass is 10.1. The van der Waals surface area contributed by atoms with Crippen molar-refractivity contribution in [2.45, 2.75) is 19.6 Å². The van der Waals surface area contributed by atoms with Crippen LogP contribution < -0.4 is 4.74 Å². The largest absolute Gasteiger partial charge is 0.489 e. The summed E-state index contributed by atoms with van der Waals surface area (Å²) in [6.07, 6.45) is 1.11. The van der Waals surface area contributed by atoms with Crippen LogP contribution in [0.25, 0.3) is 0 Å². The third-order valence-electron chi connectivity index (χ3n) is 3.69. The van der Waals surface area contributed by atoms with Gasteiger partial charge in [-0.15, -0.1) is 0 Å². The molecule has 0 saturated carbocycles. The second-order valence-corrected chi connectivity index (χ2v) is 5.31. The highest BCUT2D eigenvalue weighted by Gasteiger charge is 2.12. The summed E-state index contributed by atoms with van der Waals surface area (Å²) >= 11 is 0. The van der Waals surface area contributed by atoms with Crippen molar-refractivity contribution in [1.82, 2.24) is 4.90 Å². The zero-order valence-corrected chi connectivity index (χ0v) is 12.2. The fourth-order valence-electron chi connectivity index (χ4n) is 2.54. The highest BCUT2D eigenvalue weighted by atomic mass is 16.5. The minimum absolute atomic E-state index is 0.606. The Kier molecular flexibility index (Phi) is 4.87. The van der Waals surface area contributed by atoms with E-state index in [0.29, 0.717) is 6.61 Å². The molecule has 0 aliphatic carbocycles. The highest BCUT2D eigenvalue weighted by Crippen LogP contribution is 2.17. The number of hydrogen-bond acceptors (Lipinski definition) is 3. The standard InChI is InChI=1S/C18H21NO2/c1-2-9-18(10-3-1)21-14-17-8-5-4-7-16(17)13-19-11-6-12-20-15-19/h1-5,7-10H,6,11-15H2. The maximum Gasteiger partial charge on any atom is 0.119 e. The Hall–Kier alpha value is -1.84. The van der Waals surface area contributed by atoms with Gasteiger partial charge in [0.05, 0.1) is 6.73 Å². The molecule has 3 heteroatoms. The van der Waals surface area contributed by atoms with Crippen LogP contribution in [0.15, 0.2) is 54.6 Å². The first kappa shape index (κ1) is 14.1. The van der Waals surface area contributed by atoms with Crippen LogP contribution in [-0.4, -0.2) is 24.8 Å². The second-order valence-electron chi connectivity index (χ2n) is 5.31. The molecule has 1 aliphatic rings. The maximum absolute atomic E-state index is 5.87. The maximum atomic E-state index is 5.87. The summed E-state index contributed by atoms with van der Waals surface area (Å²) < 4.78 is 11.4. The molecule has 1 heterocycles. The molecule has 0 amide bonds. The minimum atomic E-state index is 0.606. The number of para-hydroxylation sites is 1. The Labute approximate surface area is 126 Å². The Morgan fingerprint density at radius 1 is 0.952 bits per heavy atom. The van der Waals surface area contributed by atoms with Crippen LogP contribution >= 0.6 is 0 Å². The molecule has 21 heavy (non-hydrogen) atoms. The predicted molar refractivity (Wildman–Crippen MR) is 83.1 cm³/mol. The monoisotopic (exact) mass is 283 g/mol. The number of benzene rings is 2. The van der Waals surface area contributed by atoms with Crippen LogP contribution in [0.5, 0.6) is 5.75 Å². The van der Waals surface area contributed by atoms with Crippen molar-refractivity contribution < 1.29 is 9.47 Å². The van der Waals surface area contributed by atoms with Gasteiger partial charge in [0, 0.05) is 19.7 Å². The quantitative estimate of drug-likeness (QED) is 0.839. The van der Waals surface area contributed by atoms with Crippen molar-refractivity contribution >= 4 is 0 Å². The third-order valence-corrected chi connectivity index (χ3v) is 3.69. The van der Waals surface area contributed by atoms with Crippen molar-refractivity contribution in [2.24, 2.45) is 0 Å². The van der Waals surface area contributed by atoms with E-state index in [1.165, 1.54) is 11.1 Å². The average molecular weight is 283 g/mol. The smallest absolute Gasteiger partial charge is 0.119 e. The molecule has 110 valence electrons. The first-order valence-electron chi connectivity index (χ1n) is 7.46. The predicted octanol–water partition coefficient (Wildman–Crippen LogP) is 3.45. The van der Waals surface area contributed by atoms with Gasteiger partial charge in [-0.3, -0.25) is 4.90 Å². The highest BCUT2D eigenvalue weighted by molar-refractivity contribution is 5.28. The molecule has 0 atom stereocenters. The molecule has 0 spiro atoms. The van der Waals surface area contributed by atoms with E-state index >= 15 is 0 Å². The van der Waals surface area contributed by atoms with Crippen LogP contribution in [0.3, 0.4) is 0 Å². The van der Waals surface area contributed by atoms with Gasteiger partial charge in [-0.05, 0) is 29.7 Å². The van der Waals surface area contributed by atoms with E-state index in [4.69, 9.17) is 9.47 Å². The molecule has 0 aromatic heterocycles. The summed E-state index contributed by atoms with van der Waals surface area (Å²) in [5.74, 6) is 0.911. The van der Waals surface area contributed by atoms with E-state index in [9.17, 15) is 0 Å². The lowest BCUT2D eigenvalue weighted by Crippen LogP contribution is -2.32. The molecule has 0 bridgehead atoms. The summed E-state index contributed by atoms with van der Waals surface area (Å²) in [5, 5.41) is 0. The number of nitrogens with zero attached hydrogens (tertiary/aromatic N) is 1. The zero-order valence-electron chi connectivity index (χ0n) is 12.2. The van der Waals surface area contributed by atoms with Crippen LogP contribution in [-0.2, 0) is 17.9 Å². The van der Waals surface area contributed by atoms with Crippen LogP contribution in [0, 0.1) is 0 Å². The molecular weight excluding hydrogens is 262 g/mol. The number of ether oxygens (including phenoxy) is 2. The zero-order chi connectivity index (χ0) is 14.3. The van der Waals surface area contributed by atoms with Gasteiger partial charge in [0.1, 0.15) is 12.4 Å². The van der Waals surface area contributed by atoms with Crippen molar-refractivity contribution in [3.05, 3.63) is 65.7 Å². The van der Waals surface area contributed by atoms with Crippen LogP contribution in [0.1, 0.15) is 17.5 Å². The first-order valence-corrected chi connectivity index (χ1v) is 7.46. The number of rotatable bonds is 5. The molecule has 2 aromatic carbocycles. The van der Waals surface area contributed by atoms with Gasteiger partial charge in [-0.1, -0.05) is 42.5 Å². The van der Waals surface area contributed by atoms with E-state index < -0.39 is 0 Å². The van der Waals surface area contributed by atoms with Gasteiger partial charge in [0.2, 0.25) is 0 Å². The Morgan fingerprint density at radius 3 is 2.48 bits per heavy atom. The molecule has 1 fully saturated rings. The van der Waals surface area contributed by atoms with Gasteiger partial charge < -0.3 is 9.47 Å². The average Bonchev–Trinajstić information content (AvgIpc) is 2.56. The Morgan fingerprint density at radius 2 is 1.71 bits per heavy atom. The lowest BCUT2D eigenvalue weighted by Gasteiger charge is -2.27. The molecule has 1 aliphatic heterocycles. The summed E-state index contributed by atoms with van der Waals surface area (Å²) in [6, 6.07) is 18.4. The minimum Gasteiger partial charge on any atom is -0.489 e. The molecule has 3 nitrogen and oxygen atoms in total. The molecule has 3 rings (SSSR count). The fraction of sp³-hybridized carbons (Fsp3) is 0.333. The van der Waals surface area contributed by atoms with Crippen molar-refractivity contribution in [3.63, 3.8) is 0 Å². The van der Waals surface area contributed by atoms with Gasteiger partial charge >= 0.3 is 0 Å². The van der Waals surface area contributed by atoms with E-state index in [-0.39, 0.29) is 0 Å².